The number of H-pyrrole nitrogens is 1. The lowest BCUT2D eigenvalue weighted by molar-refractivity contribution is 0.576. The van der Waals surface area contributed by atoms with Gasteiger partial charge in [-0.1, -0.05) is 0 Å². The van der Waals surface area contributed by atoms with E-state index in [0.717, 1.165) is 11.3 Å². The smallest absolute Gasteiger partial charge is 0.256 e. The first-order valence-corrected chi connectivity index (χ1v) is 4.71. The van der Waals surface area contributed by atoms with Crippen LogP contribution >= 0.6 is 0 Å². The van der Waals surface area contributed by atoms with Gasteiger partial charge >= 0.3 is 0 Å². The lowest BCUT2D eigenvalue weighted by Gasteiger charge is -1.99. The molecule has 0 fully saturated rings. The molecule has 2 N–H and O–H groups in total. The highest BCUT2D eigenvalue weighted by atomic mass is 16.3. The molecule has 0 radical (unpaired) electrons. The molecule has 3 rings (SSSR count). The van der Waals surface area contributed by atoms with Gasteiger partial charge in [-0.2, -0.15) is 0 Å². The Morgan fingerprint density at radius 3 is 3.13 bits per heavy atom. The van der Waals surface area contributed by atoms with E-state index in [4.69, 9.17) is 4.42 Å². The highest BCUT2D eigenvalue weighted by Gasteiger charge is 2.17. The van der Waals surface area contributed by atoms with Crippen LogP contribution in [0.25, 0.3) is 11.6 Å². The van der Waals surface area contributed by atoms with Crippen molar-refractivity contribution in [1.29, 1.82) is 0 Å². The van der Waals surface area contributed by atoms with Crippen molar-refractivity contribution in [2.24, 2.45) is 0 Å². The average molecular weight is 203 g/mol. The van der Waals surface area contributed by atoms with Crippen LogP contribution in [0.5, 0.6) is 0 Å². The summed E-state index contributed by atoms with van der Waals surface area (Å²) in [5, 5.41) is 3.09. The molecule has 5 heteroatoms. The minimum atomic E-state index is -0.0867. The molecule has 0 bridgehead atoms. The third-order valence-electron chi connectivity index (χ3n) is 2.45. The van der Waals surface area contributed by atoms with E-state index in [1.807, 2.05) is 0 Å². The monoisotopic (exact) mass is 203 g/mol. The minimum absolute atomic E-state index is 0.0867. The van der Waals surface area contributed by atoms with Crippen LogP contribution < -0.4 is 10.9 Å². The molecule has 0 atom stereocenters. The van der Waals surface area contributed by atoms with Crippen molar-refractivity contribution in [3.8, 4) is 11.6 Å². The van der Waals surface area contributed by atoms with Crippen LogP contribution in [0.15, 0.2) is 27.6 Å². The predicted molar refractivity (Wildman–Crippen MR) is 53.1 cm³/mol. The van der Waals surface area contributed by atoms with Crippen LogP contribution in [0, 0.1) is 0 Å². The Balaban J connectivity index is 2.20. The van der Waals surface area contributed by atoms with Gasteiger partial charge in [0.05, 0.1) is 17.5 Å². The Kier molecular flexibility index (Phi) is 1.72. The largest absolute Gasteiger partial charge is 0.461 e. The molecule has 2 aromatic rings. The summed E-state index contributed by atoms with van der Waals surface area (Å²) >= 11 is 0. The van der Waals surface area contributed by atoms with E-state index in [-0.39, 0.29) is 5.56 Å². The highest BCUT2D eigenvalue weighted by molar-refractivity contribution is 5.47. The maximum atomic E-state index is 11.6. The van der Waals surface area contributed by atoms with E-state index in [1.165, 1.54) is 0 Å². The molecule has 0 spiro atoms. The molecule has 5 nitrogen and oxygen atoms in total. The van der Waals surface area contributed by atoms with Gasteiger partial charge in [0.15, 0.2) is 11.6 Å². The topological polar surface area (TPSA) is 70.9 Å². The highest BCUT2D eigenvalue weighted by Crippen LogP contribution is 2.16. The minimum Gasteiger partial charge on any atom is -0.461 e. The fourth-order valence-electron chi connectivity index (χ4n) is 1.71. The van der Waals surface area contributed by atoms with Gasteiger partial charge in [-0.25, -0.2) is 4.98 Å². The number of nitrogens with one attached hydrogen (secondary N) is 2. The fourth-order valence-corrected chi connectivity index (χ4v) is 1.71. The molecule has 2 aromatic heterocycles. The average Bonchev–Trinajstić information content (AvgIpc) is 2.88. The van der Waals surface area contributed by atoms with Crippen molar-refractivity contribution in [2.45, 2.75) is 13.1 Å². The molecule has 0 saturated carbocycles. The summed E-state index contributed by atoms with van der Waals surface area (Å²) in [4.78, 5) is 18.7. The van der Waals surface area contributed by atoms with E-state index in [9.17, 15) is 4.79 Å². The normalized spacial score (nSPS) is 14.1. The number of aromatic nitrogens is 2. The first-order chi connectivity index (χ1) is 7.34. The van der Waals surface area contributed by atoms with Gasteiger partial charge in [-0.15, -0.1) is 0 Å². The van der Waals surface area contributed by atoms with Gasteiger partial charge in [-0.05, 0) is 12.1 Å². The quantitative estimate of drug-likeness (QED) is 0.713. The second-order valence-electron chi connectivity index (χ2n) is 3.42. The lowest BCUT2D eigenvalue weighted by Crippen LogP contribution is -2.15. The number of nitrogens with zero attached hydrogens (tertiary/aromatic N) is 1. The molecule has 3 heterocycles. The Hall–Kier alpha value is -1.88. The maximum Gasteiger partial charge on any atom is 0.256 e. The summed E-state index contributed by atoms with van der Waals surface area (Å²) in [7, 11) is 0. The van der Waals surface area contributed by atoms with Crippen molar-refractivity contribution in [3.63, 3.8) is 0 Å². The summed E-state index contributed by atoms with van der Waals surface area (Å²) in [5.74, 6) is 1.08. The van der Waals surface area contributed by atoms with Gasteiger partial charge in [0, 0.05) is 13.1 Å². The van der Waals surface area contributed by atoms with Crippen LogP contribution in [-0.4, -0.2) is 9.97 Å². The number of fused-ring (bicyclic) bond motifs is 1. The second-order valence-corrected chi connectivity index (χ2v) is 3.42. The molecule has 0 aliphatic carbocycles. The zero-order valence-corrected chi connectivity index (χ0v) is 7.91. The summed E-state index contributed by atoms with van der Waals surface area (Å²) in [5.41, 5.74) is 1.45. The molecular formula is C10H9N3O2. The Labute approximate surface area is 85.2 Å². The van der Waals surface area contributed by atoms with Gasteiger partial charge < -0.3 is 14.7 Å². The molecule has 0 amide bonds. The predicted octanol–water partition coefficient (Wildman–Crippen LogP) is 0.633. The molecule has 76 valence electrons. The second kappa shape index (κ2) is 3.06. The van der Waals surface area contributed by atoms with E-state index >= 15 is 0 Å². The van der Waals surface area contributed by atoms with Gasteiger partial charge in [0.1, 0.15) is 0 Å². The lowest BCUT2D eigenvalue weighted by atomic mass is 10.2. The number of hydrogen-bond donors (Lipinski definition) is 2. The Bertz CT molecular complexity index is 542. The standard InChI is InChI=1S/C10H9N3O2/c14-10-6-4-11-5-7(6)12-9(13-10)8-2-1-3-15-8/h1-3,11H,4-5H2,(H,12,13,14). The molecular weight excluding hydrogens is 194 g/mol. The third-order valence-corrected chi connectivity index (χ3v) is 2.45. The molecule has 1 aliphatic heterocycles. The zero-order valence-electron chi connectivity index (χ0n) is 7.91. The Morgan fingerprint density at radius 2 is 2.33 bits per heavy atom. The van der Waals surface area contributed by atoms with Crippen LogP contribution in [0.2, 0.25) is 0 Å². The summed E-state index contributed by atoms with van der Waals surface area (Å²) in [6.07, 6.45) is 1.56. The summed E-state index contributed by atoms with van der Waals surface area (Å²) in [6.45, 7) is 1.24. The van der Waals surface area contributed by atoms with Crippen LogP contribution in [0.4, 0.5) is 0 Å². The third kappa shape index (κ3) is 1.28. The van der Waals surface area contributed by atoms with Gasteiger partial charge in [-0.3, -0.25) is 4.79 Å². The van der Waals surface area contributed by atoms with Crippen LogP contribution in [0.3, 0.4) is 0 Å². The van der Waals surface area contributed by atoms with E-state index in [2.05, 4.69) is 15.3 Å². The van der Waals surface area contributed by atoms with Crippen LogP contribution in [0.1, 0.15) is 11.3 Å². The molecule has 0 aromatic carbocycles. The van der Waals surface area contributed by atoms with E-state index in [1.54, 1.807) is 18.4 Å². The first kappa shape index (κ1) is 8.43. The summed E-state index contributed by atoms with van der Waals surface area (Å²) < 4.78 is 5.18. The number of aromatic amines is 1. The van der Waals surface area contributed by atoms with Crippen molar-refractivity contribution in [3.05, 3.63) is 40.0 Å². The zero-order chi connectivity index (χ0) is 10.3. The molecule has 1 aliphatic rings. The summed E-state index contributed by atoms with van der Waals surface area (Å²) in [6, 6.07) is 3.54. The van der Waals surface area contributed by atoms with Gasteiger partial charge in [0.25, 0.3) is 5.56 Å². The van der Waals surface area contributed by atoms with Crippen molar-refractivity contribution >= 4 is 0 Å². The Morgan fingerprint density at radius 1 is 1.40 bits per heavy atom. The van der Waals surface area contributed by atoms with Crippen LogP contribution in [-0.2, 0) is 13.1 Å². The van der Waals surface area contributed by atoms with Gasteiger partial charge in [0.2, 0.25) is 0 Å². The number of hydrogen-bond acceptors (Lipinski definition) is 4. The number of rotatable bonds is 1. The van der Waals surface area contributed by atoms with Crippen molar-refractivity contribution < 1.29 is 4.42 Å². The molecule has 15 heavy (non-hydrogen) atoms. The van der Waals surface area contributed by atoms with Crippen molar-refractivity contribution in [2.75, 3.05) is 0 Å². The van der Waals surface area contributed by atoms with Crippen molar-refractivity contribution in [1.82, 2.24) is 15.3 Å². The number of furan rings is 1. The molecule has 0 unspecified atom stereocenters. The fraction of sp³-hybridized carbons (Fsp3) is 0.200. The molecule has 0 saturated heterocycles. The maximum absolute atomic E-state index is 11.6. The van der Waals surface area contributed by atoms with E-state index < -0.39 is 0 Å². The van der Waals surface area contributed by atoms with E-state index in [0.29, 0.717) is 24.7 Å². The SMILES string of the molecule is O=c1[nH]c(-c2ccco2)nc2c1CNC2. The first-order valence-electron chi connectivity index (χ1n) is 4.71.